The van der Waals surface area contributed by atoms with Gasteiger partial charge in [-0.1, -0.05) is 13.0 Å². The van der Waals surface area contributed by atoms with Crippen LogP contribution in [0.4, 0.5) is 4.79 Å². The van der Waals surface area contributed by atoms with Gasteiger partial charge in [0.25, 0.3) is 0 Å². The third-order valence-electron chi connectivity index (χ3n) is 1.99. The smallest absolute Gasteiger partial charge is 0.314 e. The van der Waals surface area contributed by atoms with Gasteiger partial charge >= 0.3 is 12.0 Å². The van der Waals surface area contributed by atoms with E-state index in [2.05, 4.69) is 17.2 Å². The molecular formula is C11H20N2O4. The van der Waals surface area contributed by atoms with Gasteiger partial charge in [0.2, 0.25) is 0 Å². The summed E-state index contributed by atoms with van der Waals surface area (Å²) in [5.41, 5.74) is 0. The summed E-state index contributed by atoms with van der Waals surface area (Å²) < 4.78 is 5.18. The summed E-state index contributed by atoms with van der Waals surface area (Å²) in [6.07, 6.45) is 2.54. The summed E-state index contributed by atoms with van der Waals surface area (Å²) in [6, 6.07) is -0.384. The fourth-order valence-corrected chi connectivity index (χ4v) is 0.901. The van der Waals surface area contributed by atoms with Crippen LogP contribution in [0.5, 0.6) is 0 Å². The summed E-state index contributed by atoms with van der Waals surface area (Å²) in [5, 5.41) is 13.6. The Morgan fingerprint density at radius 2 is 2.12 bits per heavy atom. The minimum absolute atomic E-state index is 0.110. The number of carboxylic acids is 1. The molecule has 98 valence electrons. The number of carbonyl (C=O) groups is 2. The van der Waals surface area contributed by atoms with Crippen molar-refractivity contribution in [1.29, 1.82) is 0 Å². The lowest BCUT2D eigenvalue weighted by atomic mass is 10.2. The zero-order valence-electron chi connectivity index (χ0n) is 10.1. The summed E-state index contributed by atoms with van der Waals surface area (Å²) >= 11 is 0. The number of urea groups is 1. The third kappa shape index (κ3) is 9.37. The predicted octanol–water partition coefficient (Wildman–Crippen LogP) is 0.599. The Hall–Kier alpha value is -1.56. The van der Waals surface area contributed by atoms with Gasteiger partial charge in [0.1, 0.15) is 0 Å². The van der Waals surface area contributed by atoms with Crippen LogP contribution in [-0.4, -0.2) is 43.4 Å². The van der Waals surface area contributed by atoms with Gasteiger partial charge in [-0.2, -0.15) is 0 Å². The monoisotopic (exact) mass is 244 g/mol. The molecule has 0 aromatic carbocycles. The van der Waals surface area contributed by atoms with E-state index in [4.69, 9.17) is 9.84 Å². The van der Waals surface area contributed by atoms with Gasteiger partial charge in [0.15, 0.2) is 0 Å². The Morgan fingerprint density at radius 3 is 2.71 bits per heavy atom. The molecule has 0 aromatic heterocycles. The molecule has 6 heteroatoms. The van der Waals surface area contributed by atoms with Crippen molar-refractivity contribution in [2.24, 2.45) is 5.92 Å². The van der Waals surface area contributed by atoms with Gasteiger partial charge in [0, 0.05) is 13.1 Å². The van der Waals surface area contributed by atoms with E-state index in [9.17, 15) is 9.59 Å². The molecule has 2 amide bonds. The second-order valence-corrected chi connectivity index (χ2v) is 3.57. The Balaban J connectivity index is 3.40. The minimum Gasteiger partial charge on any atom is -0.481 e. The molecule has 1 unspecified atom stereocenters. The summed E-state index contributed by atoms with van der Waals surface area (Å²) in [4.78, 5) is 21.6. The summed E-state index contributed by atoms with van der Waals surface area (Å²) in [7, 11) is 0. The molecule has 0 rings (SSSR count). The maximum Gasteiger partial charge on any atom is 0.314 e. The molecule has 6 nitrogen and oxygen atoms in total. The van der Waals surface area contributed by atoms with E-state index in [1.807, 2.05) is 0 Å². The molecule has 0 saturated heterocycles. The van der Waals surface area contributed by atoms with Crippen molar-refractivity contribution < 1.29 is 19.4 Å². The normalized spacial score (nSPS) is 11.6. The first-order valence-corrected chi connectivity index (χ1v) is 5.51. The third-order valence-corrected chi connectivity index (χ3v) is 1.99. The van der Waals surface area contributed by atoms with Gasteiger partial charge < -0.3 is 20.5 Å². The first-order valence-electron chi connectivity index (χ1n) is 5.51. The largest absolute Gasteiger partial charge is 0.481 e. The quantitative estimate of drug-likeness (QED) is 0.409. The Labute approximate surface area is 101 Å². The molecule has 1 atom stereocenters. The van der Waals surface area contributed by atoms with Gasteiger partial charge in [0.05, 0.1) is 19.1 Å². The van der Waals surface area contributed by atoms with Crippen LogP contribution in [0.1, 0.15) is 13.3 Å². The van der Waals surface area contributed by atoms with Crippen LogP contribution in [0.3, 0.4) is 0 Å². The number of amides is 2. The van der Waals surface area contributed by atoms with Crippen molar-refractivity contribution in [1.82, 2.24) is 10.6 Å². The lowest BCUT2D eigenvalue weighted by molar-refractivity contribution is -0.140. The molecule has 0 radical (unpaired) electrons. The maximum atomic E-state index is 11.2. The molecule has 0 aromatic rings. The van der Waals surface area contributed by atoms with Crippen molar-refractivity contribution in [3.8, 4) is 0 Å². The van der Waals surface area contributed by atoms with Gasteiger partial charge in [-0.3, -0.25) is 4.79 Å². The highest BCUT2D eigenvalue weighted by Gasteiger charge is 2.11. The van der Waals surface area contributed by atoms with Crippen molar-refractivity contribution in [3.63, 3.8) is 0 Å². The molecule has 0 spiro atoms. The molecule has 0 bridgehead atoms. The van der Waals surface area contributed by atoms with E-state index in [1.54, 1.807) is 6.08 Å². The molecule has 0 aliphatic heterocycles. The zero-order valence-corrected chi connectivity index (χ0v) is 10.1. The zero-order chi connectivity index (χ0) is 13.1. The predicted molar refractivity (Wildman–Crippen MR) is 63.8 cm³/mol. The minimum atomic E-state index is -0.932. The summed E-state index contributed by atoms with van der Waals surface area (Å²) in [6.45, 7) is 6.60. The SMILES string of the molecule is C=CCCOCCNC(=O)NCC(C)C(=O)O. The molecule has 0 aliphatic carbocycles. The number of ether oxygens (including phenoxy) is 1. The van der Waals surface area contributed by atoms with Crippen LogP contribution in [0.15, 0.2) is 12.7 Å². The van der Waals surface area contributed by atoms with E-state index in [1.165, 1.54) is 6.92 Å². The molecule has 0 fully saturated rings. The Bertz CT molecular complexity index is 256. The number of nitrogens with one attached hydrogen (secondary N) is 2. The number of carbonyl (C=O) groups excluding carboxylic acids is 1. The maximum absolute atomic E-state index is 11.2. The van der Waals surface area contributed by atoms with Gasteiger partial charge in [-0.15, -0.1) is 6.58 Å². The fraction of sp³-hybridized carbons (Fsp3) is 0.636. The first-order chi connectivity index (χ1) is 8.07. The second kappa shape index (κ2) is 9.65. The fourth-order valence-electron chi connectivity index (χ4n) is 0.901. The topological polar surface area (TPSA) is 87.7 Å². The van der Waals surface area contributed by atoms with Crippen molar-refractivity contribution in [2.75, 3.05) is 26.3 Å². The average molecular weight is 244 g/mol. The van der Waals surface area contributed by atoms with E-state index in [-0.39, 0.29) is 12.6 Å². The summed E-state index contributed by atoms with van der Waals surface area (Å²) in [5.74, 6) is -1.53. The number of aliphatic carboxylic acids is 1. The standard InChI is InChI=1S/C11H20N2O4/c1-3-4-6-17-7-5-12-11(16)13-8-9(2)10(14)15/h3,9H,1,4-8H2,2H3,(H,14,15)(H2,12,13,16). The highest BCUT2D eigenvalue weighted by atomic mass is 16.5. The van der Waals surface area contributed by atoms with Gasteiger partial charge in [-0.05, 0) is 6.42 Å². The van der Waals surface area contributed by atoms with Crippen LogP contribution < -0.4 is 10.6 Å². The highest BCUT2D eigenvalue weighted by Crippen LogP contribution is 1.90. The van der Waals surface area contributed by atoms with Crippen LogP contribution in [-0.2, 0) is 9.53 Å². The lowest BCUT2D eigenvalue weighted by Gasteiger charge is -2.09. The van der Waals surface area contributed by atoms with Crippen LogP contribution in [0.25, 0.3) is 0 Å². The Kier molecular flexibility index (Phi) is 8.77. The molecule has 17 heavy (non-hydrogen) atoms. The van der Waals surface area contributed by atoms with Crippen LogP contribution in [0.2, 0.25) is 0 Å². The second-order valence-electron chi connectivity index (χ2n) is 3.57. The number of rotatable bonds is 9. The lowest BCUT2D eigenvalue weighted by Crippen LogP contribution is -2.40. The molecular weight excluding hydrogens is 224 g/mol. The molecule has 0 heterocycles. The van der Waals surface area contributed by atoms with E-state index < -0.39 is 11.9 Å². The van der Waals surface area contributed by atoms with Crippen molar-refractivity contribution in [3.05, 3.63) is 12.7 Å². The first kappa shape index (κ1) is 15.4. The number of carboxylic acid groups (broad SMARTS) is 1. The average Bonchev–Trinajstić information content (AvgIpc) is 2.30. The van der Waals surface area contributed by atoms with Crippen LogP contribution in [0, 0.1) is 5.92 Å². The van der Waals surface area contributed by atoms with E-state index in [0.717, 1.165) is 6.42 Å². The van der Waals surface area contributed by atoms with Crippen molar-refractivity contribution in [2.45, 2.75) is 13.3 Å². The number of hydrogen-bond acceptors (Lipinski definition) is 3. The molecule has 3 N–H and O–H groups in total. The van der Waals surface area contributed by atoms with Crippen molar-refractivity contribution >= 4 is 12.0 Å². The van der Waals surface area contributed by atoms with E-state index in [0.29, 0.717) is 19.8 Å². The molecule has 0 saturated carbocycles. The highest BCUT2D eigenvalue weighted by molar-refractivity contribution is 5.75. The van der Waals surface area contributed by atoms with Crippen LogP contribution >= 0.6 is 0 Å². The number of hydrogen-bond donors (Lipinski definition) is 3. The van der Waals surface area contributed by atoms with E-state index >= 15 is 0 Å². The molecule has 0 aliphatic rings. The van der Waals surface area contributed by atoms with Gasteiger partial charge in [-0.25, -0.2) is 4.79 Å². The Morgan fingerprint density at radius 1 is 1.41 bits per heavy atom.